The number of H-pyrrole nitrogens is 1. The van der Waals surface area contributed by atoms with E-state index in [9.17, 15) is 19.5 Å². The van der Waals surface area contributed by atoms with Gasteiger partial charge in [-0.1, -0.05) is 12.7 Å². The molecule has 1 aromatic heterocycles. The second-order valence-electron chi connectivity index (χ2n) is 4.56. The molecule has 0 fully saturated rings. The van der Waals surface area contributed by atoms with Gasteiger partial charge >= 0.3 is 5.97 Å². The molecule has 0 unspecified atom stereocenters. The van der Waals surface area contributed by atoms with Crippen LogP contribution in [0.15, 0.2) is 35.6 Å². The van der Waals surface area contributed by atoms with Gasteiger partial charge in [0.15, 0.2) is 0 Å². The van der Waals surface area contributed by atoms with Crippen LogP contribution >= 0.6 is 0 Å². The van der Waals surface area contributed by atoms with Gasteiger partial charge in [0.25, 0.3) is 11.5 Å². The molecule has 0 aliphatic heterocycles. The van der Waals surface area contributed by atoms with E-state index < -0.39 is 35.3 Å². The number of amides is 1. The average molecular weight is 318 g/mol. The van der Waals surface area contributed by atoms with Crippen molar-refractivity contribution >= 4 is 22.8 Å². The van der Waals surface area contributed by atoms with E-state index in [-0.39, 0.29) is 17.5 Å². The van der Waals surface area contributed by atoms with E-state index >= 15 is 0 Å². The molecule has 0 atom stereocenters. The van der Waals surface area contributed by atoms with Gasteiger partial charge in [0.2, 0.25) is 0 Å². The number of ether oxygens (including phenoxy) is 1. The maximum atomic E-state index is 12.0. The SMILES string of the molecule is C=CCOc1ccc2c(O)c(C(=O)NCC(=O)O)c(=O)[nH]c2c1. The molecule has 4 N–H and O–H groups in total. The number of hydrogen-bond acceptors (Lipinski definition) is 5. The van der Waals surface area contributed by atoms with Crippen LogP contribution in [0.2, 0.25) is 0 Å². The first-order valence-electron chi connectivity index (χ1n) is 6.56. The monoisotopic (exact) mass is 318 g/mol. The lowest BCUT2D eigenvalue weighted by atomic mass is 10.1. The van der Waals surface area contributed by atoms with Crippen LogP contribution in [0, 0.1) is 0 Å². The number of pyridine rings is 1. The molecule has 23 heavy (non-hydrogen) atoms. The molecular weight excluding hydrogens is 304 g/mol. The highest BCUT2D eigenvalue weighted by molar-refractivity contribution is 6.03. The lowest BCUT2D eigenvalue weighted by Crippen LogP contribution is -2.33. The zero-order valence-corrected chi connectivity index (χ0v) is 12.0. The van der Waals surface area contributed by atoms with Gasteiger partial charge in [0.1, 0.15) is 30.2 Å². The molecule has 8 nitrogen and oxygen atoms in total. The summed E-state index contributed by atoms with van der Waals surface area (Å²) >= 11 is 0. The number of carboxylic acid groups (broad SMARTS) is 1. The Morgan fingerprint density at radius 1 is 1.39 bits per heavy atom. The molecule has 0 bridgehead atoms. The van der Waals surface area contributed by atoms with E-state index in [0.717, 1.165) is 0 Å². The number of carboxylic acids is 1. The fourth-order valence-electron chi connectivity index (χ4n) is 1.96. The van der Waals surface area contributed by atoms with Crippen molar-refractivity contribution in [3.8, 4) is 11.5 Å². The largest absolute Gasteiger partial charge is 0.506 e. The number of rotatable bonds is 6. The Morgan fingerprint density at radius 2 is 2.13 bits per heavy atom. The highest BCUT2D eigenvalue weighted by Gasteiger charge is 2.19. The minimum Gasteiger partial charge on any atom is -0.506 e. The lowest BCUT2D eigenvalue weighted by Gasteiger charge is -2.09. The van der Waals surface area contributed by atoms with Gasteiger partial charge in [-0.05, 0) is 12.1 Å². The molecule has 120 valence electrons. The predicted octanol–water partition coefficient (Wildman–Crippen LogP) is 0.613. The van der Waals surface area contributed by atoms with Gasteiger partial charge < -0.3 is 25.3 Å². The molecule has 2 rings (SSSR count). The molecule has 0 radical (unpaired) electrons. The number of benzene rings is 1. The van der Waals surface area contributed by atoms with Crippen LogP contribution in [0.25, 0.3) is 10.9 Å². The van der Waals surface area contributed by atoms with Gasteiger partial charge in [-0.25, -0.2) is 0 Å². The minimum atomic E-state index is -1.26. The van der Waals surface area contributed by atoms with Crippen LogP contribution in [0.1, 0.15) is 10.4 Å². The summed E-state index contributed by atoms with van der Waals surface area (Å²) in [5.41, 5.74) is -1.10. The average Bonchev–Trinajstić information content (AvgIpc) is 2.50. The first-order chi connectivity index (χ1) is 10.9. The van der Waals surface area contributed by atoms with Crippen molar-refractivity contribution < 1.29 is 24.5 Å². The van der Waals surface area contributed by atoms with Crippen LogP contribution in [0.4, 0.5) is 0 Å². The Labute approximate surface area is 130 Å². The van der Waals surface area contributed by atoms with Crippen LogP contribution in [-0.4, -0.2) is 40.2 Å². The first-order valence-corrected chi connectivity index (χ1v) is 6.56. The van der Waals surface area contributed by atoms with Crippen molar-refractivity contribution in [3.05, 3.63) is 46.8 Å². The second-order valence-corrected chi connectivity index (χ2v) is 4.56. The summed E-state index contributed by atoms with van der Waals surface area (Å²) in [5, 5.41) is 20.9. The lowest BCUT2D eigenvalue weighted by molar-refractivity contribution is -0.135. The fourth-order valence-corrected chi connectivity index (χ4v) is 1.96. The molecule has 1 aromatic carbocycles. The van der Waals surface area contributed by atoms with E-state index in [4.69, 9.17) is 9.84 Å². The number of carbonyl (C=O) groups excluding carboxylic acids is 1. The Bertz CT molecular complexity index is 840. The number of aromatic hydroxyl groups is 1. The smallest absolute Gasteiger partial charge is 0.322 e. The highest BCUT2D eigenvalue weighted by Crippen LogP contribution is 2.27. The van der Waals surface area contributed by atoms with E-state index in [1.165, 1.54) is 12.1 Å². The molecule has 0 spiro atoms. The summed E-state index contributed by atoms with van der Waals surface area (Å²) in [6, 6.07) is 4.54. The van der Waals surface area contributed by atoms with Gasteiger partial charge in [-0.15, -0.1) is 0 Å². The van der Waals surface area contributed by atoms with E-state index in [1.54, 1.807) is 12.1 Å². The summed E-state index contributed by atoms with van der Waals surface area (Å²) in [5.74, 6) is -2.31. The predicted molar refractivity (Wildman–Crippen MR) is 81.9 cm³/mol. The Balaban J connectivity index is 2.45. The van der Waals surface area contributed by atoms with Gasteiger partial charge in [0.05, 0.1) is 5.52 Å². The van der Waals surface area contributed by atoms with Crippen LogP contribution in [-0.2, 0) is 4.79 Å². The minimum absolute atomic E-state index is 0.232. The molecule has 1 amide bonds. The molecule has 0 aliphatic rings. The van der Waals surface area contributed by atoms with Crippen molar-refractivity contribution in [1.29, 1.82) is 0 Å². The Kier molecular flexibility index (Phi) is 4.65. The zero-order chi connectivity index (χ0) is 17.0. The number of aromatic amines is 1. The van der Waals surface area contributed by atoms with Crippen molar-refractivity contribution in [1.82, 2.24) is 10.3 Å². The Morgan fingerprint density at radius 3 is 2.78 bits per heavy atom. The van der Waals surface area contributed by atoms with E-state index in [1.807, 2.05) is 5.32 Å². The normalized spacial score (nSPS) is 10.3. The fraction of sp³-hybridized carbons (Fsp3) is 0.133. The zero-order valence-electron chi connectivity index (χ0n) is 12.0. The molecule has 8 heteroatoms. The summed E-state index contributed by atoms with van der Waals surface area (Å²) in [4.78, 5) is 36.7. The molecule has 0 saturated carbocycles. The van der Waals surface area contributed by atoms with E-state index in [2.05, 4.69) is 11.6 Å². The Hall–Kier alpha value is -3.29. The quantitative estimate of drug-likeness (QED) is 0.578. The number of aromatic nitrogens is 1. The first kappa shape index (κ1) is 16.1. The van der Waals surface area contributed by atoms with Crippen molar-refractivity contribution in [2.45, 2.75) is 0 Å². The maximum absolute atomic E-state index is 12.0. The third kappa shape index (κ3) is 3.49. The molecule has 1 heterocycles. The number of carbonyl (C=O) groups is 2. The van der Waals surface area contributed by atoms with Gasteiger partial charge in [-0.2, -0.15) is 0 Å². The standard InChI is InChI=1S/C15H14N2O6/c1-2-5-23-8-3-4-9-10(6-8)17-15(22)12(13(9)20)14(21)16-7-11(18)19/h2-4,6H,1,5,7H2,(H,16,21)(H,18,19)(H2,17,20,22). The van der Waals surface area contributed by atoms with Crippen molar-refractivity contribution in [3.63, 3.8) is 0 Å². The van der Waals surface area contributed by atoms with Crippen molar-refractivity contribution in [2.75, 3.05) is 13.2 Å². The number of nitrogens with one attached hydrogen (secondary N) is 2. The third-order valence-electron chi connectivity index (χ3n) is 2.95. The van der Waals surface area contributed by atoms with Crippen LogP contribution in [0.3, 0.4) is 0 Å². The highest BCUT2D eigenvalue weighted by atomic mass is 16.5. The number of aliphatic carboxylic acids is 1. The third-order valence-corrected chi connectivity index (χ3v) is 2.95. The second kappa shape index (κ2) is 6.65. The maximum Gasteiger partial charge on any atom is 0.322 e. The summed E-state index contributed by atoms with van der Waals surface area (Å²) in [6.45, 7) is 3.13. The van der Waals surface area contributed by atoms with Crippen LogP contribution in [0.5, 0.6) is 11.5 Å². The molecular formula is C15H14N2O6. The van der Waals surface area contributed by atoms with Gasteiger partial charge in [0, 0.05) is 11.5 Å². The topological polar surface area (TPSA) is 129 Å². The number of fused-ring (bicyclic) bond motifs is 1. The summed E-state index contributed by atoms with van der Waals surface area (Å²) in [6.07, 6.45) is 1.56. The summed E-state index contributed by atoms with van der Waals surface area (Å²) < 4.78 is 5.32. The summed E-state index contributed by atoms with van der Waals surface area (Å²) in [7, 11) is 0. The van der Waals surface area contributed by atoms with Crippen molar-refractivity contribution in [2.24, 2.45) is 0 Å². The van der Waals surface area contributed by atoms with Crippen LogP contribution < -0.4 is 15.6 Å². The number of hydrogen-bond donors (Lipinski definition) is 4. The van der Waals surface area contributed by atoms with Gasteiger partial charge in [-0.3, -0.25) is 14.4 Å². The molecule has 0 saturated heterocycles. The molecule has 0 aliphatic carbocycles. The molecule has 2 aromatic rings. The van der Waals surface area contributed by atoms with E-state index in [0.29, 0.717) is 5.75 Å².